The van der Waals surface area contributed by atoms with Crippen molar-refractivity contribution in [1.82, 2.24) is 0 Å². The number of benzene rings is 1. The lowest BCUT2D eigenvalue weighted by Gasteiger charge is -2.17. The normalized spacial score (nSPS) is 13.7. The van der Waals surface area contributed by atoms with E-state index in [0.717, 1.165) is 6.07 Å². The molecule has 1 aromatic rings. The summed E-state index contributed by atoms with van der Waals surface area (Å²) >= 11 is 4.59. The molecule has 1 atom stereocenters. The molecular formula is C8H7ClF3NO. The minimum Gasteiger partial charge on any atom is -0.429 e. The van der Waals surface area contributed by atoms with E-state index in [1.807, 2.05) is 0 Å². The third-order valence-corrected chi connectivity index (χ3v) is 1.62. The van der Waals surface area contributed by atoms with Crippen LogP contribution in [0.1, 0.15) is 0 Å². The average Bonchev–Trinajstić information content (AvgIpc) is 2.02. The Balaban J connectivity index is 2.78. The van der Waals surface area contributed by atoms with Gasteiger partial charge in [0, 0.05) is 11.8 Å². The van der Waals surface area contributed by atoms with E-state index in [9.17, 15) is 13.2 Å². The number of hydrogen-bond donors (Lipinski definition) is 1. The van der Waals surface area contributed by atoms with Crippen LogP contribution < -0.4 is 10.5 Å². The third-order valence-electron chi connectivity index (χ3n) is 1.37. The zero-order chi connectivity index (χ0) is 10.8. The molecule has 1 rings (SSSR count). The highest BCUT2D eigenvalue weighted by Crippen LogP contribution is 2.29. The molecule has 78 valence electrons. The first-order valence-corrected chi connectivity index (χ1v) is 4.06. The molecule has 0 heterocycles. The van der Waals surface area contributed by atoms with Crippen molar-refractivity contribution in [2.45, 2.75) is 11.7 Å². The van der Waals surface area contributed by atoms with Gasteiger partial charge in [-0.25, -0.2) is 4.39 Å². The van der Waals surface area contributed by atoms with E-state index < -0.39 is 11.7 Å². The molecule has 0 amide bonds. The van der Waals surface area contributed by atoms with Crippen LogP contribution in [0, 0.1) is 0 Å². The molecular weight excluding hydrogens is 219 g/mol. The minimum atomic E-state index is -4.06. The molecule has 1 aromatic carbocycles. The molecule has 0 saturated carbocycles. The molecule has 0 aliphatic carbocycles. The number of anilines is 1. The van der Waals surface area contributed by atoms with Gasteiger partial charge in [-0.2, -0.15) is 8.78 Å². The molecule has 0 aliphatic rings. The van der Waals surface area contributed by atoms with E-state index >= 15 is 0 Å². The van der Waals surface area contributed by atoms with E-state index in [1.54, 1.807) is 0 Å². The quantitative estimate of drug-likeness (QED) is 0.634. The first-order valence-electron chi connectivity index (χ1n) is 3.62. The lowest BCUT2D eigenvalue weighted by atomic mass is 10.3. The summed E-state index contributed by atoms with van der Waals surface area (Å²) in [5.74, 6) is -0.238. The topological polar surface area (TPSA) is 35.2 Å². The molecule has 1 unspecified atom stereocenters. The average molecular weight is 226 g/mol. The fraction of sp³-hybridized carbons (Fsp3) is 0.250. The van der Waals surface area contributed by atoms with Crippen molar-refractivity contribution in [3.8, 4) is 5.75 Å². The Morgan fingerprint density at radius 3 is 2.57 bits per heavy atom. The smallest absolute Gasteiger partial charge is 0.429 e. The van der Waals surface area contributed by atoms with Crippen molar-refractivity contribution in [2.24, 2.45) is 0 Å². The Hall–Kier alpha value is -1.10. The number of nitrogen functional groups attached to an aromatic ring is 1. The van der Waals surface area contributed by atoms with E-state index in [1.165, 1.54) is 18.2 Å². The molecule has 6 heteroatoms. The van der Waals surface area contributed by atoms with Crippen molar-refractivity contribution in [3.63, 3.8) is 0 Å². The molecule has 0 fully saturated rings. The number of nitrogens with two attached hydrogens (primary N) is 1. The second kappa shape index (κ2) is 3.96. The second-order valence-electron chi connectivity index (χ2n) is 2.54. The predicted octanol–water partition coefficient (Wildman–Crippen LogP) is 2.77. The first kappa shape index (κ1) is 11.0. The fourth-order valence-corrected chi connectivity index (χ4v) is 0.824. The summed E-state index contributed by atoms with van der Waals surface area (Å²) in [5.41, 5.74) is 2.64. The zero-order valence-corrected chi connectivity index (χ0v) is 7.64. The fourth-order valence-electron chi connectivity index (χ4n) is 0.780. The number of alkyl halides is 4. The van der Waals surface area contributed by atoms with Crippen LogP contribution in [0.5, 0.6) is 5.75 Å². The van der Waals surface area contributed by atoms with Gasteiger partial charge >= 0.3 is 6.11 Å². The SMILES string of the molecule is Nc1cccc(OC(F)(F)C(F)Cl)c1. The number of rotatable bonds is 3. The monoisotopic (exact) mass is 225 g/mol. The van der Waals surface area contributed by atoms with Gasteiger partial charge < -0.3 is 10.5 Å². The third kappa shape index (κ3) is 2.70. The van der Waals surface area contributed by atoms with Gasteiger partial charge in [-0.3, -0.25) is 0 Å². The largest absolute Gasteiger partial charge is 0.444 e. The van der Waals surface area contributed by atoms with Crippen molar-refractivity contribution >= 4 is 17.3 Å². The van der Waals surface area contributed by atoms with Gasteiger partial charge in [-0.15, -0.1) is 0 Å². The maximum atomic E-state index is 12.6. The van der Waals surface area contributed by atoms with Crippen LogP contribution in [-0.4, -0.2) is 11.7 Å². The summed E-state index contributed by atoms with van der Waals surface area (Å²) in [6, 6.07) is 5.26. The van der Waals surface area contributed by atoms with Gasteiger partial charge in [-0.05, 0) is 12.1 Å². The van der Waals surface area contributed by atoms with Crippen LogP contribution in [-0.2, 0) is 0 Å². The van der Waals surface area contributed by atoms with Gasteiger partial charge in [0.1, 0.15) is 5.75 Å². The number of halogens is 4. The van der Waals surface area contributed by atoms with Crippen molar-refractivity contribution in [1.29, 1.82) is 0 Å². The highest BCUT2D eigenvalue weighted by Gasteiger charge is 2.42. The Morgan fingerprint density at radius 1 is 1.43 bits per heavy atom. The van der Waals surface area contributed by atoms with Gasteiger partial charge in [0.05, 0.1) is 0 Å². The summed E-state index contributed by atoms with van der Waals surface area (Å²) in [6.07, 6.45) is -4.06. The summed E-state index contributed by atoms with van der Waals surface area (Å²) in [5, 5.41) is 0. The molecule has 0 spiro atoms. The Bertz CT molecular complexity index is 319. The van der Waals surface area contributed by atoms with Crippen LogP contribution in [0.15, 0.2) is 24.3 Å². The van der Waals surface area contributed by atoms with E-state index in [0.29, 0.717) is 0 Å². The van der Waals surface area contributed by atoms with Crippen molar-refractivity contribution in [2.75, 3.05) is 5.73 Å². The summed E-state index contributed by atoms with van der Waals surface area (Å²) in [7, 11) is 0. The molecule has 0 bridgehead atoms. The lowest BCUT2D eigenvalue weighted by Crippen LogP contribution is -2.32. The van der Waals surface area contributed by atoms with Gasteiger partial charge in [0.2, 0.25) is 0 Å². The molecule has 0 saturated heterocycles. The highest BCUT2D eigenvalue weighted by molar-refractivity contribution is 6.20. The molecule has 0 radical (unpaired) electrons. The zero-order valence-electron chi connectivity index (χ0n) is 6.88. The van der Waals surface area contributed by atoms with E-state index in [-0.39, 0.29) is 11.4 Å². The highest BCUT2D eigenvalue weighted by atomic mass is 35.5. The molecule has 14 heavy (non-hydrogen) atoms. The molecule has 0 aliphatic heterocycles. The Kier molecular flexibility index (Phi) is 3.10. The predicted molar refractivity (Wildman–Crippen MR) is 47.2 cm³/mol. The van der Waals surface area contributed by atoms with Gasteiger partial charge in [0.25, 0.3) is 5.63 Å². The summed E-state index contributed by atoms with van der Waals surface area (Å²) in [6.45, 7) is 0. The first-order chi connectivity index (χ1) is 6.42. The molecule has 2 N–H and O–H groups in total. The van der Waals surface area contributed by atoms with Gasteiger partial charge in [0.15, 0.2) is 0 Å². The van der Waals surface area contributed by atoms with E-state index in [2.05, 4.69) is 16.3 Å². The Labute approximate surface area is 83.4 Å². The maximum Gasteiger partial charge on any atom is 0.444 e. The molecule has 0 aromatic heterocycles. The molecule has 2 nitrogen and oxygen atoms in total. The second-order valence-corrected chi connectivity index (χ2v) is 2.92. The van der Waals surface area contributed by atoms with Crippen LogP contribution in [0.4, 0.5) is 18.9 Å². The van der Waals surface area contributed by atoms with Crippen molar-refractivity contribution < 1.29 is 17.9 Å². The number of ether oxygens (including phenoxy) is 1. The lowest BCUT2D eigenvalue weighted by molar-refractivity contribution is -0.198. The van der Waals surface area contributed by atoms with Crippen LogP contribution in [0.25, 0.3) is 0 Å². The van der Waals surface area contributed by atoms with Gasteiger partial charge in [-0.1, -0.05) is 17.7 Å². The van der Waals surface area contributed by atoms with Crippen molar-refractivity contribution in [3.05, 3.63) is 24.3 Å². The van der Waals surface area contributed by atoms with E-state index in [4.69, 9.17) is 5.73 Å². The minimum absolute atomic E-state index is 0.238. The number of hydrogen-bond acceptors (Lipinski definition) is 2. The standard InChI is InChI=1S/C8H7ClF3NO/c9-7(10)8(11,12)14-6-3-1-2-5(13)4-6/h1-4,7H,13H2. The summed E-state index contributed by atoms with van der Waals surface area (Å²) < 4.78 is 41.3. The summed E-state index contributed by atoms with van der Waals surface area (Å²) in [4.78, 5) is 0. The Morgan fingerprint density at radius 2 is 2.07 bits per heavy atom. The van der Waals surface area contributed by atoms with Crippen LogP contribution >= 0.6 is 11.6 Å². The van der Waals surface area contributed by atoms with Crippen LogP contribution in [0.3, 0.4) is 0 Å². The van der Waals surface area contributed by atoms with Crippen LogP contribution in [0.2, 0.25) is 0 Å². The maximum absolute atomic E-state index is 12.6.